The van der Waals surface area contributed by atoms with E-state index < -0.39 is 5.91 Å². The van der Waals surface area contributed by atoms with Crippen LogP contribution >= 0.6 is 11.3 Å². The van der Waals surface area contributed by atoms with Gasteiger partial charge in [-0.2, -0.15) is 0 Å². The van der Waals surface area contributed by atoms with Crippen molar-refractivity contribution in [2.24, 2.45) is 0 Å². The number of rotatable bonds is 7. The van der Waals surface area contributed by atoms with Crippen molar-refractivity contribution in [1.82, 2.24) is 4.90 Å². The minimum atomic E-state index is -0.990. The summed E-state index contributed by atoms with van der Waals surface area (Å²) in [5, 5.41) is 1.98. The van der Waals surface area contributed by atoms with E-state index in [-0.39, 0.29) is 5.78 Å². The molecule has 0 amide bonds. The molecule has 0 aliphatic carbocycles. The average molecular weight is 361 g/mol. The third-order valence-corrected chi connectivity index (χ3v) is 5.40. The van der Waals surface area contributed by atoms with E-state index >= 15 is 0 Å². The number of carbonyl (C=O) groups is 1. The first-order valence-corrected chi connectivity index (χ1v) is 9.17. The van der Waals surface area contributed by atoms with Crippen molar-refractivity contribution in [2.45, 2.75) is 12.3 Å². The first kappa shape index (κ1) is 18.2. The molecule has 2 heterocycles. The molecule has 0 N–H and O–H groups in total. The second kappa shape index (κ2) is 8.21. The molecule has 25 heavy (non-hydrogen) atoms. The lowest BCUT2D eigenvalue weighted by atomic mass is 10.0. The quantitative estimate of drug-likeness (QED) is 0.561. The fourth-order valence-corrected chi connectivity index (χ4v) is 4.13. The van der Waals surface area contributed by atoms with Crippen LogP contribution in [0.15, 0.2) is 41.8 Å². The number of hydrogen-bond acceptors (Lipinski definition) is 6. The molecule has 0 radical (unpaired) electrons. The first-order valence-electron chi connectivity index (χ1n) is 8.29. The Hall–Kier alpha value is -1.57. The number of nitrogens with zero attached hydrogens (tertiary/aromatic N) is 1. The van der Waals surface area contributed by atoms with Crippen LogP contribution in [-0.2, 0) is 26.5 Å². The van der Waals surface area contributed by atoms with Gasteiger partial charge in [0.05, 0.1) is 13.2 Å². The predicted molar refractivity (Wildman–Crippen MR) is 96.9 cm³/mol. The minimum Gasteiger partial charge on any atom is -0.379 e. The highest BCUT2D eigenvalue weighted by Gasteiger charge is 2.42. The van der Waals surface area contributed by atoms with E-state index in [1.807, 2.05) is 41.8 Å². The largest absolute Gasteiger partial charge is 0.379 e. The van der Waals surface area contributed by atoms with Crippen LogP contribution in [0.2, 0.25) is 0 Å². The van der Waals surface area contributed by atoms with Gasteiger partial charge in [-0.1, -0.05) is 30.3 Å². The normalized spacial score (nSPS) is 16.1. The maximum absolute atomic E-state index is 12.6. The summed E-state index contributed by atoms with van der Waals surface area (Å²) in [4.78, 5) is 15.7. The first-order chi connectivity index (χ1) is 12.2. The third kappa shape index (κ3) is 3.68. The SMILES string of the molecule is COC(OC)(c1ccsc1CC(=O)c1ccccc1)N1CCOCC1. The summed E-state index contributed by atoms with van der Waals surface area (Å²) in [6.45, 7) is 2.70. The smallest absolute Gasteiger partial charge is 0.259 e. The van der Waals surface area contributed by atoms with Crippen LogP contribution < -0.4 is 0 Å². The standard InChI is InChI=1S/C19H23NO4S/c1-22-19(23-2,20-9-11-24-12-10-20)16-8-13-25-18(16)14-17(21)15-6-4-3-5-7-15/h3-8,13H,9-12,14H2,1-2H3. The third-order valence-electron chi connectivity index (χ3n) is 4.48. The summed E-state index contributed by atoms with van der Waals surface area (Å²) in [7, 11) is 3.28. The fraction of sp³-hybridized carbons (Fsp3) is 0.421. The summed E-state index contributed by atoms with van der Waals surface area (Å²) >= 11 is 1.56. The molecule has 2 aromatic rings. The highest BCUT2D eigenvalue weighted by atomic mass is 32.1. The van der Waals surface area contributed by atoms with Gasteiger partial charge in [0.2, 0.25) is 0 Å². The number of methoxy groups -OCH3 is 2. The van der Waals surface area contributed by atoms with E-state index in [9.17, 15) is 4.79 Å². The Morgan fingerprint density at radius 1 is 1.16 bits per heavy atom. The van der Waals surface area contributed by atoms with Crippen molar-refractivity contribution in [2.75, 3.05) is 40.5 Å². The molecule has 1 fully saturated rings. The van der Waals surface area contributed by atoms with E-state index in [1.54, 1.807) is 25.6 Å². The van der Waals surface area contributed by atoms with Crippen molar-refractivity contribution < 1.29 is 19.0 Å². The van der Waals surface area contributed by atoms with Gasteiger partial charge in [0, 0.05) is 49.7 Å². The zero-order valence-corrected chi connectivity index (χ0v) is 15.4. The highest BCUT2D eigenvalue weighted by molar-refractivity contribution is 7.10. The predicted octanol–water partition coefficient (Wildman–Crippen LogP) is 2.91. The Morgan fingerprint density at radius 2 is 1.84 bits per heavy atom. The molecule has 134 valence electrons. The second-order valence-corrected chi connectivity index (χ2v) is 6.81. The zero-order valence-electron chi connectivity index (χ0n) is 14.6. The van der Waals surface area contributed by atoms with E-state index in [0.29, 0.717) is 38.3 Å². The number of hydrogen-bond donors (Lipinski definition) is 0. The lowest BCUT2D eigenvalue weighted by Gasteiger charge is -2.43. The topological polar surface area (TPSA) is 48.0 Å². The highest BCUT2D eigenvalue weighted by Crippen LogP contribution is 2.36. The van der Waals surface area contributed by atoms with Crippen LogP contribution in [-0.4, -0.2) is 51.2 Å². The maximum Gasteiger partial charge on any atom is 0.259 e. The van der Waals surface area contributed by atoms with Gasteiger partial charge in [0.15, 0.2) is 5.78 Å². The minimum absolute atomic E-state index is 0.0902. The Labute approximate surface area is 152 Å². The monoisotopic (exact) mass is 361 g/mol. The van der Waals surface area contributed by atoms with Crippen LogP contribution in [0.25, 0.3) is 0 Å². The molecule has 1 aliphatic rings. The molecular weight excluding hydrogens is 338 g/mol. The molecular formula is C19H23NO4S. The van der Waals surface area contributed by atoms with Crippen LogP contribution in [0.4, 0.5) is 0 Å². The molecule has 3 rings (SSSR count). The maximum atomic E-state index is 12.6. The van der Waals surface area contributed by atoms with Crippen LogP contribution in [0, 0.1) is 0 Å². The lowest BCUT2D eigenvalue weighted by Crippen LogP contribution is -2.54. The number of carbonyl (C=O) groups excluding carboxylic acids is 1. The van der Waals surface area contributed by atoms with Crippen molar-refractivity contribution in [3.8, 4) is 0 Å². The molecule has 1 aromatic carbocycles. The number of ether oxygens (including phenoxy) is 3. The van der Waals surface area contributed by atoms with Crippen molar-refractivity contribution in [3.05, 3.63) is 57.8 Å². The van der Waals surface area contributed by atoms with Gasteiger partial charge >= 0.3 is 0 Å². The van der Waals surface area contributed by atoms with Gasteiger partial charge in [-0.25, -0.2) is 4.90 Å². The average Bonchev–Trinajstić information content (AvgIpc) is 3.13. The summed E-state index contributed by atoms with van der Waals surface area (Å²) in [5.74, 6) is -0.900. The number of thiophene rings is 1. The molecule has 1 aliphatic heterocycles. The van der Waals surface area contributed by atoms with Gasteiger partial charge in [0.1, 0.15) is 0 Å². The van der Waals surface area contributed by atoms with Crippen molar-refractivity contribution >= 4 is 17.1 Å². The lowest BCUT2D eigenvalue weighted by molar-refractivity contribution is -0.316. The Kier molecular flexibility index (Phi) is 5.98. The summed E-state index contributed by atoms with van der Waals surface area (Å²) in [6, 6.07) is 11.3. The molecule has 0 unspecified atom stereocenters. The van der Waals surface area contributed by atoms with Gasteiger partial charge in [-0.15, -0.1) is 11.3 Å². The van der Waals surface area contributed by atoms with Crippen LogP contribution in [0.5, 0.6) is 0 Å². The molecule has 1 saturated heterocycles. The molecule has 0 atom stereocenters. The van der Waals surface area contributed by atoms with Crippen LogP contribution in [0.1, 0.15) is 20.8 Å². The summed E-state index contributed by atoms with van der Waals surface area (Å²) in [5.41, 5.74) is 1.61. The molecule has 6 heteroatoms. The Morgan fingerprint density at radius 3 is 2.48 bits per heavy atom. The summed E-state index contributed by atoms with van der Waals surface area (Å²) in [6.07, 6.45) is 0.329. The fourth-order valence-electron chi connectivity index (χ4n) is 3.22. The number of morpholine rings is 1. The van der Waals surface area contributed by atoms with Crippen molar-refractivity contribution in [3.63, 3.8) is 0 Å². The Balaban J connectivity index is 1.89. The molecule has 0 saturated carbocycles. The van der Waals surface area contributed by atoms with E-state index in [2.05, 4.69) is 4.90 Å². The zero-order chi connectivity index (χ0) is 17.7. The molecule has 5 nitrogen and oxygen atoms in total. The van der Waals surface area contributed by atoms with Crippen LogP contribution in [0.3, 0.4) is 0 Å². The van der Waals surface area contributed by atoms with E-state index in [4.69, 9.17) is 14.2 Å². The van der Waals surface area contributed by atoms with Gasteiger partial charge < -0.3 is 14.2 Å². The number of Topliss-reactive ketones (excluding diaryl/α,β-unsaturated/α-hetero) is 1. The van der Waals surface area contributed by atoms with Gasteiger partial charge in [-0.05, 0) is 11.4 Å². The molecule has 1 aromatic heterocycles. The Bertz CT molecular complexity index is 690. The summed E-state index contributed by atoms with van der Waals surface area (Å²) < 4.78 is 17.1. The van der Waals surface area contributed by atoms with Gasteiger partial charge in [-0.3, -0.25) is 4.79 Å². The van der Waals surface area contributed by atoms with E-state index in [0.717, 1.165) is 10.4 Å². The van der Waals surface area contributed by atoms with Gasteiger partial charge in [0.25, 0.3) is 5.91 Å². The number of benzene rings is 1. The second-order valence-electron chi connectivity index (χ2n) is 5.81. The van der Waals surface area contributed by atoms with E-state index in [1.165, 1.54) is 0 Å². The number of ketones is 1. The molecule has 0 spiro atoms. The molecule has 0 bridgehead atoms. The van der Waals surface area contributed by atoms with Crippen molar-refractivity contribution in [1.29, 1.82) is 0 Å².